The van der Waals surface area contributed by atoms with E-state index in [0.29, 0.717) is 0 Å². The van der Waals surface area contributed by atoms with E-state index in [1.807, 2.05) is 18.2 Å². The Morgan fingerprint density at radius 1 is 0.636 bits per heavy atom. The fraction of sp³-hybridized carbons (Fsp3) is 0.0476. The van der Waals surface area contributed by atoms with Gasteiger partial charge in [-0.1, -0.05) is 66.2 Å². The second-order valence-corrected chi connectivity index (χ2v) is 5.60. The van der Waals surface area contributed by atoms with Crippen molar-refractivity contribution >= 4 is 11.0 Å². The van der Waals surface area contributed by atoms with Gasteiger partial charge in [0, 0.05) is 10.9 Å². The van der Waals surface area contributed by atoms with Gasteiger partial charge in [0.05, 0.1) is 0 Å². The van der Waals surface area contributed by atoms with Crippen molar-refractivity contribution in [3.05, 3.63) is 84.4 Å². The Balaban J connectivity index is 1.80. The topological polar surface area (TPSA) is 13.1 Å². The number of rotatable bonds is 2. The molecule has 0 aliphatic heterocycles. The molecule has 0 aliphatic carbocycles. The fourth-order valence-corrected chi connectivity index (χ4v) is 2.71. The quantitative estimate of drug-likeness (QED) is 0.435. The minimum Gasteiger partial charge on any atom is -0.456 e. The third-order valence-electron chi connectivity index (χ3n) is 3.96. The van der Waals surface area contributed by atoms with Crippen LogP contribution in [-0.4, -0.2) is 0 Å². The maximum Gasteiger partial charge on any atom is 0.135 e. The van der Waals surface area contributed by atoms with Crippen LogP contribution < -0.4 is 0 Å². The summed E-state index contributed by atoms with van der Waals surface area (Å²) < 4.78 is 5.96. The number of hydrogen-bond donors (Lipinski definition) is 0. The molecule has 0 fully saturated rings. The molecule has 0 N–H and O–H groups in total. The predicted octanol–water partition coefficient (Wildman–Crippen LogP) is 6.08. The van der Waals surface area contributed by atoms with Crippen molar-refractivity contribution in [1.29, 1.82) is 0 Å². The van der Waals surface area contributed by atoms with Gasteiger partial charge in [0.2, 0.25) is 0 Å². The van der Waals surface area contributed by atoms with Gasteiger partial charge in [-0.15, -0.1) is 0 Å². The summed E-state index contributed by atoms with van der Waals surface area (Å²) >= 11 is 0. The summed E-state index contributed by atoms with van der Waals surface area (Å²) in [5.74, 6) is 0.914. The summed E-state index contributed by atoms with van der Waals surface area (Å²) in [5, 5.41) is 1.14. The summed E-state index contributed by atoms with van der Waals surface area (Å²) in [6.07, 6.45) is 0. The van der Waals surface area contributed by atoms with Crippen LogP contribution in [0, 0.1) is 6.92 Å². The van der Waals surface area contributed by atoms with Crippen molar-refractivity contribution < 1.29 is 4.42 Å². The number of benzene rings is 3. The monoisotopic (exact) mass is 284 g/mol. The molecule has 1 aromatic heterocycles. The number of hydrogen-bond acceptors (Lipinski definition) is 1. The van der Waals surface area contributed by atoms with Crippen LogP contribution in [0.3, 0.4) is 0 Å². The predicted molar refractivity (Wildman–Crippen MR) is 91.8 cm³/mol. The van der Waals surface area contributed by atoms with Crippen molar-refractivity contribution in [3.8, 4) is 22.5 Å². The third kappa shape index (κ3) is 2.31. The fourth-order valence-electron chi connectivity index (χ4n) is 2.71. The highest BCUT2D eigenvalue weighted by molar-refractivity contribution is 5.87. The molecule has 0 bridgehead atoms. The van der Waals surface area contributed by atoms with Gasteiger partial charge < -0.3 is 4.42 Å². The highest BCUT2D eigenvalue weighted by atomic mass is 16.3. The van der Waals surface area contributed by atoms with Gasteiger partial charge in [0.1, 0.15) is 11.3 Å². The van der Waals surface area contributed by atoms with Gasteiger partial charge in [-0.05, 0) is 36.2 Å². The molecule has 0 saturated carbocycles. The van der Waals surface area contributed by atoms with Gasteiger partial charge in [-0.3, -0.25) is 0 Å². The molecule has 0 spiro atoms. The summed E-state index contributed by atoms with van der Waals surface area (Å²) in [6.45, 7) is 2.11. The summed E-state index contributed by atoms with van der Waals surface area (Å²) in [4.78, 5) is 0. The second kappa shape index (κ2) is 5.19. The van der Waals surface area contributed by atoms with E-state index in [9.17, 15) is 0 Å². The van der Waals surface area contributed by atoms with Crippen molar-refractivity contribution in [3.63, 3.8) is 0 Å². The number of fused-ring (bicyclic) bond motifs is 1. The Kier molecular flexibility index (Phi) is 3.05. The molecule has 0 aliphatic rings. The van der Waals surface area contributed by atoms with E-state index in [4.69, 9.17) is 4.42 Å². The van der Waals surface area contributed by atoms with E-state index in [1.165, 1.54) is 16.7 Å². The molecule has 0 radical (unpaired) electrons. The summed E-state index contributed by atoms with van der Waals surface area (Å²) in [7, 11) is 0. The lowest BCUT2D eigenvalue weighted by Gasteiger charge is -2.02. The SMILES string of the molecule is Cc1ccc(-c2ccc3oc(-c4ccccc4)cc3c2)cc1. The highest BCUT2D eigenvalue weighted by Crippen LogP contribution is 2.31. The molecule has 1 heteroatoms. The lowest BCUT2D eigenvalue weighted by Crippen LogP contribution is -1.78. The first-order valence-corrected chi connectivity index (χ1v) is 7.46. The molecule has 0 amide bonds. The van der Waals surface area contributed by atoms with Crippen LogP contribution in [-0.2, 0) is 0 Å². The first-order valence-electron chi connectivity index (χ1n) is 7.46. The highest BCUT2D eigenvalue weighted by Gasteiger charge is 2.07. The molecule has 4 aromatic rings. The standard InChI is InChI=1S/C21H16O/c1-15-7-9-16(10-8-15)18-11-12-20-19(13-18)14-21(22-20)17-5-3-2-4-6-17/h2-14H,1H3. The van der Waals surface area contributed by atoms with Gasteiger partial charge in [-0.25, -0.2) is 0 Å². The first kappa shape index (κ1) is 12.9. The van der Waals surface area contributed by atoms with Crippen LogP contribution in [0.15, 0.2) is 83.3 Å². The Hall–Kier alpha value is -2.80. The van der Waals surface area contributed by atoms with E-state index in [0.717, 1.165) is 22.3 Å². The molecule has 0 saturated heterocycles. The van der Waals surface area contributed by atoms with Gasteiger partial charge in [0.15, 0.2) is 0 Å². The molecular formula is C21H16O. The van der Waals surface area contributed by atoms with E-state index < -0.39 is 0 Å². The maximum absolute atomic E-state index is 5.96. The molecule has 22 heavy (non-hydrogen) atoms. The van der Waals surface area contributed by atoms with Gasteiger partial charge in [-0.2, -0.15) is 0 Å². The molecule has 106 valence electrons. The summed E-state index contributed by atoms with van der Waals surface area (Å²) in [5.41, 5.74) is 5.76. The Morgan fingerprint density at radius 2 is 1.36 bits per heavy atom. The zero-order valence-electron chi connectivity index (χ0n) is 12.4. The Bertz CT molecular complexity index is 915. The van der Waals surface area contributed by atoms with E-state index >= 15 is 0 Å². The Labute approximate surface area is 129 Å². The normalized spacial score (nSPS) is 11.0. The number of furan rings is 1. The van der Waals surface area contributed by atoms with Crippen molar-refractivity contribution in [2.45, 2.75) is 6.92 Å². The smallest absolute Gasteiger partial charge is 0.135 e. The van der Waals surface area contributed by atoms with Crippen molar-refractivity contribution in [2.75, 3.05) is 0 Å². The first-order chi connectivity index (χ1) is 10.8. The average Bonchev–Trinajstić information content (AvgIpc) is 2.99. The van der Waals surface area contributed by atoms with E-state index in [1.54, 1.807) is 0 Å². The molecular weight excluding hydrogens is 268 g/mol. The van der Waals surface area contributed by atoms with Crippen molar-refractivity contribution in [2.24, 2.45) is 0 Å². The second-order valence-electron chi connectivity index (χ2n) is 5.60. The van der Waals surface area contributed by atoms with Crippen LogP contribution >= 0.6 is 0 Å². The minimum absolute atomic E-state index is 0.914. The molecule has 0 atom stereocenters. The summed E-state index contributed by atoms with van der Waals surface area (Å²) in [6, 6.07) is 27.3. The molecule has 3 aromatic carbocycles. The van der Waals surface area contributed by atoms with Gasteiger partial charge >= 0.3 is 0 Å². The lowest BCUT2D eigenvalue weighted by atomic mass is 10.0. The third-order valence-corrected chi connectivity index (χ3v) is 3.96. The van der Waals surface area contributed by atoms with Crippen LogP contribution in [0.4, 0.5) is 0 Å². The van der Waals surface area contributed by atoms with Crippen molar-refractivity contribution in [1.82, 2.24) is 0 Å². The average molecular weight is 284 g/mol. The zero-order chi connectivity index (χ0) is 14.9. The van der Waals surface area contributed by atoms with Crippen LogP contribution in [0.1, 0.15) is 5.56 Å². The van der Waals surface area contributed by atoms with E-state index in [2.05, 4.69) is 67.6 Å². The maximum atomic E-state index is 5.96. The van der Waals surface area contributed by atoms with Crippen LogP contribution in [0.2, 0.25) is 0 Å². The minimum atomic E-state index is 0.914. The molecule has 1 nitrogen and oxygen atoms in total. The Morgan fingerprint density at radius 3 is 2.14 bits per heavy atom. The zero-order valence-corrected chi connectivity index (χ0v) is 12.4. The number of aryl methyl sites for hydroxylation is 1. The molecule has 1 heterocycles. The van der Waals surface area contributed by atoms with E-state index in [-0.39, 0.29) is 0 Å². The largest absolute Gasteiger partial charge is 0.456 e. The molecule has 4 rings (SSSR count). The van der Waals surface area contributed by atoms with Crippen LogP contribution in [0.25, 0.3) is 33.4 Å². The lowest BCUT2D eigenvalue weighted by molar-refractivity contribution is 0.631. The van der Waals surface area contributed by atoms with Gasteiger partial charge in [0.25, 0.3) is 0 Å². The van der Waals surface area contributed by atoms with Crippen LogP contribution in [0.5, 0.6) is 0 Å². The molecule has 0 unspecified atom stereocenters.